The standard InChI is InChI=1S/C26H31NO6/c1-5-31-23(28)16-15-19-11-13-20(14-12-19)17-22(27-25(30)33-26(2,3)4)24(29)32-18-21-9-7-6-8-10-21/h6-16,22H,5,17-18H2,1-4H3,(H,27,30)/b16-15+/t22-/m0/s1. The predicted molar refractivity (Wildman–Crippen MR) is 125 cm³/mol. The van der Waals surface area contributed by atoms with Crippen molar-refractivity contribution in [2.75, 3.05) is 6.61 Å². The molecule has 0 aromatic heterocycles. The molecule has 1 amide bonds. The molecule has 0 aliphatic heterocycles. The van der Waals surface area contributed by atoms with Crippen molar-refractivity contribution >= 4 is 24.1 Å². The summed E-state index contributed by atoms with van der Waals surface area (Å²) < 4.78 is 15.6. The summed E-state index contributed by atoms with van der Waals surface area (Å²) in [5.41, 5.74) is 1.76. The normalized spacial score (nSPS) is 12.1. The van der Waals surface area contributed by atoms with E-state index in [1.165, 1.54) is 6.08 Å². The number of nitrogens with one attached hydrogen (secondary N) is 1. The highest BCUT2D eigenvalue weighted by molar-refractivity contribution is 5.87. The second-order valence-electron chi connectivity index (χ2n) is 8.32. The van der Waals surface area contributed by atoms with Crippen molar-refractivity contribution in [2.24, 2.45) is 0 Å². The van der Waals surface area contributed by atoms with Gasteiger partial charge in [-0.15, -0.1) is 0 Å². The van der Waals surface area contributed by atoms with Gasteiger partial charge in [-0.3, -0.25) is 0 Å². The summed E-state index contributed by atoms with van der Waals surface area (Å²) in [4.78, 5) is 36.5. The molecule has 33 heavy (non-hydrogen) atoms. The largest absolute Gasteiger partial charge is 0.463 e. The summed E-state index contributed by atoms with van der Waals surface area (Å²) in [6.45, 7) is 7.40. The third-order valence-electron chi connectivity index (χ3n) is 4.32. The number of amides is 1. The smallest absolute Gasteiger partial charge is 0.408 e. The maximum atomic E-state index is 12.8. The second-order valence-corrected chi connectivity index (χ2v) is 8.32. The van der Waals surface area contributed by atoms with Crippen molar-refractivity contribution in [3.63, 3.8) is 0 Å². The topological polar surface area (TPSA) is 90.9 Å². The Hall–Kier alpha value is -3.61. The average Bonchev–Trinajstić information content (AvgIpc) is 2.76. The van der Waals surface area contributed by atoms with Crippen LogP contribution in [0.15, 0.2) is 60.7 Å². The molecule has 1 atom stereocenters. The van der Waals surface area contributed by atoms with Gasteiger partial charge in [0, 0.05) is 12.5 Å². The van der Waals surface area contributed by atoms with Crippen molar-refractivity contribution in [3.8, 4) is 0 Å². The summed E-state index contributed by atoms with van der Waals surface area (Å²) in [5, 5.41) is 2.62. The van der Waals surface area contributed by atoms with Gasteiger partial charge in [0.2, 0.25) is 0 Å². The molecule has 176 valence electrons. The summed E-state index contributed by atoms with van der Waals surface area (Å²) in [6.07, 6.45) is 2.52. The van der Waals surface area contributed by atoms with E-state index in [-0.39, 0.29) is 13.0 Å². The van der Waals surface area contributed by atoms with Crippen molar-refractivity contribution < 1.29 is 28.6 Å². The minimum atomic E-state index is -0.926. The Kier molecular flexibility index (Phi) is 9.66. The fraction of sp³-hybridized carbons (Fsp3) is 0.346. The molecular weight excluding hydrogens is 422 g/mol. The Bertz CT molecular complexity index is 945. The molecule has 2 aromatic carbocycles. The quantitative estimate of drug-likeness (QED) is 0.343. The summed E-state index contributed by atoms with van der Waals surface area (Å²) in [6, 6.07) is 15.6. The highest BCUT2D eigenvalue weighted by Gasteiger charge is 2.26. The van der Waals surface area contributed by atoms with Gasteiger partial charge < -0.3 is 19.5 Å². The Morgan fingerprint density at radius 2 is 1.61 bits per heavy atom. The van der Waals surface area contributed by atoms with Crippen molar-refractivity contribution in [3.05, 3.63) is 77.4 Å². The molecule has 0 spiro atoms. The minimum absolute atomic E-state index is 0.101. The van der Waals surface area contributed by atoms with Gasteiger partial charge in [-0.25, -0.2) is 14.4 Å². The van der Waals surface area contributed by atoms with Crippen molar-refractivity contribution in [2.45, 2.75) is 52.4 Å². The number of carbonyl (C=O) groups is 3. The molecule has 0 bridgehead atoms. The van der Waals surface area contributed by atoms with Crippen LogP contribution >= 0.6 is 0 Å². The van der Waals surface area contributed by atoms with Gasteiger partial charge >= 0.3 is 18.0 Å². The van der Waals surface area contributed by atoms with Crippen LogP contribution in [-0.4, -0.2) is 36.3 Å². The van der Waals surface area contributed by atoms with E-state index in [1.54, 1.807) is 33.8 Å². The van der Waals surface area contributed by atoms with E-state index in [0.717, 1.165) is 16.7 Å². The van der Waals surface area contributed by atoms with E-state index in [2.05, 4.69) is 5.32 Å². The number of rotatable bonds is 9. The monoisotopic (exact) mass is 453 g/mol. The van der Waals surface area contributed by atoms with Crippen LogP contribution in [0.5, 0.6) is 0 Å². The van der Waals surface area contributed by atoms with Gasteiger partial charge in [-0.1, -0.05) is 54.6 Å². The Labute approximate surface area is 194 Å². The van der Waals surface area contributed by atoms with Crippen molar-refractivity contribution in [1.29, 1.82) is 0 Å². The molecule has 0 aliphatic carbocycles. The first-order valence-electron chi connectivity index (χ1n) is 10.8. The number of esters is 2. The molecule has 0 fully saturated rings. The zero-order valence-electron chi connectivity index (χ0n) is 19.5. The Morgan fingerprint density at radius 1 is 0.939 bits per heavy atom. The van der Waals surface area contributed by atoms with Gasteiger partial charge in [0.15, 0.2) is 0 Å². The maximum absolute atomic E-state index is 12.8. The Morgan fingerprint density at radius 3 is 2.21 bits per heavy atom. The fourth-order valence-electron chi connectivity index (χ4n) is 2.83. The van der Waals surface area contributed by atoms with Gasteiger partial charge in [-0.2, -0.15) is 0 Å². The van der Waals surface area contributed by atoms with E-state index in [9.17, 15) is 14.4 Å². The number of hydrogen-bond acceptors (Lipinski definition) is 6. The lowest BCUT2D eigenvalue weighted by Gasteiger charge is -2.23. The first-order valence-corrected chi connectivity index (χ1v) is 10.8. The van der Waals surface area contributed by atoms with Crippen molar-refractivity contribution in [1.82, 2.24) is 5.32 Å². The number of ether oxygens (including phenoxy) is 3. The highest BCUT2D eigenvalue weighted by Crippen LogP contribution is 2.12. The van der Waals surface area contributed by atoms with Crippen LogP contribution in [0.25, 0.3) is 6.08 Å². The summed E-state index contributed by atoms with van der Waals surface area (Å²) >= 11 is 0. The van der Waals surface area contributed by atoms with E-state index in [4.69, 9.17) is 14.2 Å². The van der Waals surface area contributed by atoms with Crippen LogP contribution in [0.2, 0.25) is 0 Å². The van der Waals surface area contributed by atoms with E-state index in [1.807, 2.05) is 54.6 Å². The molecule has 7 nitrogen and oxygen atoms in total. The summed E-state index contributed by atoms with van der Waals surface area (Å²) in [5.74, 6) is -0.972. The van der Waals surface area contributed by atoms with Gasteiger partial charge in [-0.05, 0) is 50.5 Å². The molecule has 0 radical (unpaired) electrons. The zero-order chi connectivity index (χ0) is 24.3. The molecule has 1 N–H and O–H groups in total. The SMILES string of the molecule is CCOC(=O)/C=C/c1ccc(C[C@H](NC(=O)OC(C)(C)C)C(=O)OCc2ccccc2)cc1. The third-order valence-corrected chi connectivity index (χ3v) is 4.32. The molecule has 0 saturated carbocycles. The number of carbonyl (C=O) groups excluding carboxylic acids is 3. The lowest BCUT2D eigenvalue weighted by Crippen LogP contribution is -2.45. The Balaban J connectivity index is 2.07. The molecule has 0 heterocycles. The average molecular weight is 454 g/mol. The number of hydrogen-bond donors (Lipinski definition) is 1. The van der Waals surface area contributed by atoms with Gasteiger partial charge in [0.05, 0.1) is 6.61 Å². The molecule has 7 heteroatoms. The van der Waals surface area contributed by atoms with Crippen LogP contribution in [-0.2, 0) is 36.8 Å². The molecule has 2 aromatic rings. The molecule has 0 aliphatic rings. The molecule has 0 saturated heterocycles. The van der Waals surface area contributed by atoms with Gasteiger partial charge in [0.1, 0.15) is 18.2 Å². The van der Waals surface area contributed by atoms with E-state index in [0.29, 0.717) is 6.61 Å². The highest BCUT2D eigenvalue weighted by atomic mass is 16.6. The zero-order valence-corrected chi connectivity index (χ0v) is 19.5. The van der Waals surface area contributed by atoms with Crippen LogP contribution < -0.4 is 5.32 Å². The maximum Gasteiger partial charge on any atom is 0.408 e. The van der Waals surface area contributed by atoms with Crippen LogP contribution in [0.3, 0.4) is 0 Å². The number of alkyl carbamates (subject to hydrolysis) is 1. The van der Waals surface area contributed by atoms with Gasteiger partial charge in [0.25, 0.3) is 0 Å². The first kappa shape index (κ1) is 25.6. The molecule has 0 unspecified atom stereocenters. The predicted octanol–water partition coefficient (Wildman–Crippen LogP) is 4.44. The minimum Gasteiger partial charge on any atom is -0.463 e. The molecule has 2 rings (SSSR count). The van der Waals surface area contributed by atoms with Crippen LogP contribution in [0.1, 0.15) is 44.4 Å². The summed E-state index contributed by atoms with van der Waals surface area (Å²) in [7, 11) is 0. The van der Waals surface area contributed by atoms with Crippen LogP contribution in [0.4, 0.5) is 4.79 Å². The van der Waals surface area contributed by atoms with E-state index < -0.39 is 29.7 Å². The fourth-order valence-corrected chi connectivity index (χ4v) is 2.83. The van der Waals surface area contributed by atoms with Crippen LogP contribution in [0, 0.1) is 0 Å². The lowest BCUT2D eigenvalue weighted by atomic mass is 10.0. The number of benzene rings is 2. The first-order chi connectivity index (χ1) is 15.7. The lowest BCUT2D eigenvalue weighted by molar-refractivity contribution is -0.147. The van der Waals surface area contributed by atoms with E-state index >= 15 is 0 Å². The molecular formula is C26H31NO6. The third kappa shape index (κ3) is 10.0. The second kappa shape index (κ2) is 12.4.